The van der Waals surface area contributed by atoms with Gasteiger partial charge in [0.25, 0.3) is 10.5 Å². The Hall–Kier alpha value is -1.62. The maximum Gasteiger partial charge on any atom is 0.281 e. The van der Waals surface area contributed by atoms with E-state index >= 15 is 0 Å². The molecule has 0 radical (unpaired) electrons. The van der Waals surface area contributed by atoms with E-state index in [1.807, 2.05) is 80.0 Å². The first kappa shape index (κ1) is 29.4. The summed E-state index contributed by atoms with van der Waals surface area (Å²) in [6.07, 6.45) is 29.1. The van der Waals surface area contributed by atoms with E-state index in [-0.39, 0.29) is 21.0 Å². The van der Waals surface area contributed by atoms with E-state index < -0.39 is 0 Å². The van der Waals surface area contributed by atoms with Crippen LogP contribution in [0.15, 0.2) is 73.4 Å². The minimum Gasteiger partial charge on any atom is -0.353 e. The fraction of sp³-hybridized carbons (Fsp3) is 0.500. The minimum absolute atomic E-state index is 0.206. The first-order valence-electron chi connectivity index (χ1n) is 13.4. The zero-order valence-corrected chi connectivity index (χ0v) is 25.1. The van der Waals surface area contributed by atoms with Crippen molar-refractivity contribution in [3.8, 4) is 0 Å². The van der Waals surface area contributed by atoms with Gasteiger partial charge in [-0.1, -0.05) is 69.4 Å². The van der Waals surface area contributed by atoms with Gasteiger partial charge in [0.15, 0.2) is 0 Å². The topological polar surface area (TPSA) is 47.1 Å². The van der Waals surface area contributed by atoms with Crippen LogP contribution in [0.1, 0.15) is 25.7 Å². The molecule has 0 aromatic carbocycles. The summed E-state index contributed by atoms with van der Waals surface area (Å²) in [6.45, 7) is 5.20. The monoisotopic (exact) mass is 590 g/mol. The first-order chi connectivity index (χ1) is 18.7. The Morgan fingerprint density at radius 2 is 0.895 bits per heavy atom. The van der Waals surface area contributed by atoms with Crippen LogP contribution in [-0.4, -0.2) is 91.4 Å². The molecule has 0 aromatic heterocycles. The molecule has 2 fully saturated rings. The molecule has 38 heavy (non-hydrogen) atoms. The van der Waals surface area contributed by atoms with E-state index in [0.29, 0.717) is 0 Å². The summed E-state index contributed by atoms with van der Waals surface area (Å²) in [5, 5.41) is 0.917. The molecular formula is C28H38N4O2S4. The van der Waals surface area contributed by atoms with Gasteiger partial charge in [-0.25, -0.2) is 0 Å². The summed E-state index contributed by atoms with van der Waals surface area (Å²) < 4.78 is 0. The molecule has 4 aliphatic rings. The molecule has 0 spiro atoms. The van der Waals surface area contributed by atoms with Gasteiger partial charge in [-0.15, -0.1) is 0 Å². The molecule has 6 nitrogen and oxygen atoms in total. The van der Waals surface area contributed by atoms with Gasteiger partial charge in [0, 0.05) is 86.1 Å². The summed E-state index contributed by atoms with van der Waals surface area (Å²) >= 11 is 2.91. The fourth-order valence-corrected chi connectivity index (χ4v) is 9.94. The van der Waals surface area contributed by atoms with Gasteiger partial charge in [0.1, 0.15) is 0 Å². The lowest BCUT2D eigenvalue weighted by atomic mass is 10.4. The van der Waals surface area contributed by atoms with E-state index in [1.165, 1.54) is 23.5 Å². The van der Waals surface area contributed by atoms with Gasteiger partial charge in [-0.05, 0) is 50.0 Å². The molecule has 4 rings (SSSR count). The van der Waals surface area contributed by atoms with Crippen LogP contribution < -0.4 is 0 Å². The van der Waals surface area contributed by atoms with Gasteiger partial charge < -0.3 is 19.6 Å². The lowest BCUT2D eigenvalue weighted by molar-refractivity contribution is 0.233. The van der Waals surface area contributed by atoms with Crippen LogP contribution in [0.3, 0.4) is 0 Å². The third-order valence-electron chi connectivity index (χ3n) is 6.45. The number of hydrogen-bond donors (Lipinski definition) is 0. The second-order valence-electron chi connectivity index (χ2n) is 9.51. The highest BCUT2D eigenvalue weighted by molar-refractivity contribution is 8.77. The molecule has 206 valence electrons. The molecule has 2 saturated heterocycles. The Balaban J connectivity index is 1.37. The Labute approximate surface area is 244 Å². The summed E-state index contributed by atoms with van der Waals surface area (Å²) in [7, 11) is 3.72. The molecule has 0 N–H and O–H groups in total. The molecule has 10 heteroatoms. The van der Waals surface area contributed by atoms with E-state index in [4.69, 9.17) is 0 Å². The lowest BCUT2D eigenvalue weighted by Gasteiger charge is -2.27. The average Bonchev–Trinajstić information content (AvgIpc) is 3.55. The van der Waals surface area contributed by atoms with Crippen LogP contribution in [0.5, 0.6) is 0 Å². The van der Waals surface area contributed by atoms with Crippen molar-refractivity contribution in [2.24, 2.45) is 0 Å². The van der Waals surface area contributed by atoms with Gasteiger partial charge in [-0.2, -0.15) is 0 Å². The van der Waals surface area contributed by atoms with Gasteiger partial charge >= 0.3 is 0 Å². The number of carbonyl (C=O) groups excluding carboxylic acids is 2. The maximum atomic E-state index is 12.8. The van der Waals surface area contributed by atoms with Crippen molar-refractivity contribution in [1.82, 2.24) is 19.6 Å². The molecule has 0 aromatic rings. The highest BCUT2D eigenvalue weighted by Gasteiger charge is 2.25. The van der Waals surface area contributed by atoms with Crippen molar-refractivity contribution in [1.29, 1.82) is 0 Å². The number of carbonyl (C=O) groups is 2. The third-order valence-corrected chi connectivity index (χ3v) is 12.3. The molecule has 4 aliphatic heterocycles. The average molecular weight is 591 g/mol. The summed E-state index contributed by atoms with van der Waals surface area (Å²) in [5.41, 5.74) is 0. The number of likely N-dealkylation sites (tertiary alicyclic amines) is 2. The molecule has 0 aliphatic carbocycles. The normalized spacial score (nSPS) is 20.3. The van der Waals surface area contributed by atoms with Gasteiger partial charge in [0.2, 0.25) is 0 Å². The van der Waals surface area contributed by atoms with Crippen LogP contribution >= 0.6 is 45.1 Å². The van der Waals surface area contributed by atoms with E-state index in [2.05, 4.69) is 34.6 Å². The number of hydrogen-bond acceptors (Lipinski definition) is 8. The lowest BCUT2D eigenvalue weighted by Crippen LogP contribution is -2.29. The molecule has 2 unspecified atom stereocenters. The van der Waals surface area contributed by atoms with Crippen LogP contribution in [0, 0.1) is 0 Å². The van der Waals surface area contributed by atoms with Crippen LogP contribution in [0.25, 0.3) is 0 Å². The molecular weight excluding hydrogens is 553 g/mol. The highest BCUT2D eigenvalue weighted by atomic mass is 33.1. The summed E-state index contributed by atoms with van der Waals surface area (Å²) in [6, 6.07) is 0. The summed E-state index contributed by atoms with van der Waals surface area (Å²) in [4.78, 5) is 33.9. The van der Waals surface area contributed by atoms with Crippen molar-refractivity contribution in [3.05, 3.63) is 73.4 Å². The largest absolute Gasteiger partial charge is 0.353 e. The zero-order valence-electron chi connectivity index (χ0n) is 21.8. The Morgan fingerprint density at radius 1 is 0.553 bits per heavy atom. The van der Waals surface area contributed by atoms with Crippen LogP contribution in [0.4, 0.5) is 9.59 Å². The number of thioether (sulfide) groups is 2. The van der Waals surface area contributed by atoms with Crippen molar-refractivity contribution in [3.63, 3.8) is 0 Å². The standard InChI is InChI=1S/C28H38N4O2S4/c33-27(31-17-9-10-18-31)35-23-25(21-29-13-5-1-2-6-14-29)37-38-26(22-30-15-7-3-4-8-16-30)24-36-28(34)32-19-11-12-20-32/h1-8,13-16,25-26H,9-12,17-24H2. The molecule has 2 atom stereocenters. The van der Waals surface area contributed by atoms with E-state index in [1.54, 1.807) is 0 Å². The Kier molecular flexibility index (Phi) is 12.7. The summed E-state index contributed by atoms with van der Waals surface area (Å²) in [5.74, 6) is 1.53. The first-order valence-corrected chi connectivity index (χ1v) is 17.6. The van der Waals surface area contributed by atoms with Crippen LogP contribution in [0.2, 0.25) is 0 Å². The third kappa shape index (κ3) is 10.2. The number of allylic oxidation sites excluding steroid dienone is 8. The Morgan fingerprint density at radius 3 is 1.24 bits per heavy atom. The predicted octanol–water partition coefficient (Wildman–Crippen LogP) is 6.80. The Bertz CT molecular complexity index is 845. The smallest absolute Gasteiger partial charge is 0.281 e. The van der Waals surface area contributed by atoms with Gasteiger partial charge in [0.05, 0.1) is 0 Å². The van der Waals surface area contributed by atoms with Crippen molar-refractivity contribution in [2.45, 2.75) is 36.2 Å². The zero-order chi connectivity index (χ0) is 26.4. The predicted molar refractivity (Wildman–Crippen MR) is 168 cm³/mol. The highest BCUT2D eigenvalue weighted by Crippen LogP contribution is 2.36. The fourth-order valence-electron chi connectivity index (χ4n) is 4.40. The minimum atomic E-state index is 0.206. The van der Waals surface area contributed by atoms with Gasteiger partial charge in [-0.3, -0.25) is 9.59 Å². The number of rotatable bonds is 11. The maximum absolute atomic E-state index is 12.8. The van der Waals surface area contributed by atoms with Crippen molar-refractivity contribution >= 4 is 55.6 Å². The SMILES string of the molecule is O=C(SCC(CN1C=CC=CC=C1)SSC(CSC(=O)N1CCCC1)CN1C=CC=CC=C1)N1CCCC1. The van der Waals surface area contributed by atoms with Crippen molar-refractivity contribution < 1.29 is 9.59 Å². The van der Waals surface area contributed by atoms with E-state index in [9.17, 15) is 9.59 Å². The van der Waals surface area contributed by atoms with Crippen molar-refractivity contribution in [2.75, 3.05) is 50.8 Å². The van der Waals surface area contributed by atoms with Crippen LogP contribution in [-0.2, 0) is 0 Å². The molecule has 4 heterocycles. The molecule has 0 saturated carbocycles. The quantitative estimate of drug-likeness (QED) is 0.244. The number of amides is 2. The second-order valence-corrected chi connectivity index (χ2v) is 14.3. The van der Waals surface area contributed by atoms with E-state index in [0.717, 1.165) is 76.5 Å². The molecule has 0 bridgehead atoms. The molecule has 2 amide bonds. The number of nitrogens with zero attached hydrogens (tertiary/aromatic N) is 4. The second kappa shape index (κ2) is 16.5.